The molecular formula is C12H14ClNO. The van der Waals surface area contributed by atoms with Gasteiger partial charge in [-0.1, -0.05) is 23.7 Å². The molecule has 1 atom stereocenters. The maximum Gasteiger partial charge on any atom is 0.136 e. The number of rotatable bonds is 1. The number of benzene rings is 1. The predicted molar refractivity (Wildman–Crippen MR) is 61.2 cm³/mol. The van der Waals surface area contributed by atoms with Crippen LogP contribution in [0.4, 0.5) is 0 Å². The van der Waals surface area contributed by atoms with E-state index in [1.807, 2.05) is 25.1 Å². The van der Waals surface area contributed by atoms with E-state index in [-0.39, 0.29) is 6.04 Å². The van der Waals surface area contributed by atoms with E-state index >= 15 is 0 Å². The van der Waals surface area contributed by atoms with E-state index in [1.54, 1.807) is 0 Å². The van der Waals surface area contributed by atoms with Gasteiger partial charge in [0.2, 0.25) is 0 Å². The number of hydrogen-bond acceptors (Lipinski definition) is 2. The highest BCUT2D eigenvalue weighted by molar-refractivity contribution is 6.31. The maximum absolute atomic E-state index is 11.4. The first kappa shape index (κ1) is 10.7. The molecule has 0 aromatic heterocycles. The molecule has 1 fully saturated rings. The zero-order valence-corrected chi connectivity index (χ0v) is 9.47. The average molecular weight is 224 g/mol. The molecule has 1 saturated heterocycles. The van der Waals surface area contributed by atoms with E-state index in [2.05, 4.69) is 5.32 Å². The minimum absolute atomic E-state index is 0.143. The molecule has 0 radical (unpaired) electrons. The Morgan fingerprint density at radius 2 is 2.27 bits per heavy atom. The highest BCUT2D eigenvalue weighted by Crippen LogP contribution is 2.27. The van der Waals surface area contributed by atoms with Gasteiger partial charge in [-0.3, -0.25) is 4.79 Å². The van der Waals surface area contributed by atoms with Crippen LogP contribution in [0.2, 0.25) is 5.02 Å². The zero-order valence-electron chi connectivity index (χ0n) is 8.72. The van der Waals surface area contributed by atoms with E-state index < -0.39 is 0 Å². The van der Waals surface area contributed by atoms with Gasteiger partial charge in [0, 0.05) is 30.5 Å². The van der Waals surface area contributed by atoms with Gasteiger partial charge >= 0.3 is 0 Å². The lowest BCUT2D eigenvalue weighted by Gasteiger charge is -2.24. The highest BCUT2D eigenvalue weighted by Gasteiger charge is 2.21. The van der Waals surface area contributed by atoms with E-state index in [4.69, 9.17) is 11.6 Å². The normalized spacial score (nSPS) is 21.7. The predicted octanol–water partition coefficient (Wildman–Crippen LogP) is 2.64. The third kappa shape index (κ3) is 2.21. The molecule has 1 heterocycles. The van der Waals surface area contributed by atoms with Crippen LogP contribution in [0, 0.1) is 6.92 Å². The number of hydrogen-bond donors (Lipinski definition) is 1. The number of piperidine rings is 1. The van der Waals surface area contributed by atoms with E-state index in [1.165, 1.54) is 0 Å². The second-order valence-electron chi connectivity index (χ2n) is 3.95. The molecule has 0 bridgehead atoms. The van der Waals surface area contributed by atoms with Crippen molar-refractivity contribution in [3.05, 3.63) is 34.3 Å². The van der Waals surface area contributed by atoms with Gasteiger partial charge in [0.1, 0.15) is 5.78 Å². The molecule has 2 rings (SSSR count). The van der Waals surface area contributed by atoms with Crippen LogP contribution in [0.5, 0.6) is 0 Å². The molecule has 1 aromatic carbocycles. The first-order chi connectivity index (χ1) is 7.18. The molecule has 80 valence electrons. The number of carbonyl (C=O) groups excluding carboxylic acids is 1. The van der Waals surface area contributed by atoms with Crippen molar-refractivity contribution in [1.82, 2.24) is 5.32 Å². The Bertz CT molecular complexity index is 389. The summed E-state index contributed by atoms with van der Waals surface area (Å²) in [7, 11) is 0. The molecule has 0 aliphatic carbocycles. The molecule has 2 nitrogen and oxygen atoms in total. The lowest BCUT2D eigenvalue weighted by Crippen LogP contribution is -2.32. The first-order valence-electron chi connectivity index (χ1n) is 5.18. The third-order valence-electron chi connectivity index (χ3n) is 2.91. The van der Waals surface area contributed by atoms with Crippen LogP contribution in [0.3, 0.4) is 0 Å². The molecule has 1 aromatic rings. The lowest BCUT2D eigenvalue weighted by atomic mass is 9.93. The number of carbonyl (C=O) groups is 1. The van der Waals surface area contributed by atoms with Crippen molar-refractivity contribution < 1.29 is 4.79 Å². The molecule has 1 N–H and O–H groups in total. The van der Waals surface area contributed by atoms with Gasteiger partial charge in [-0.2, -0.15) is 0 Å². The lowest BCUT2D eigenvalue weighted by molar-refractivity contribution is -0.120. The van der Waals surface area contributed by atoms with E-state index in [9.17, 15) is 4.79 Å². The van der Waals surface area contributed by atoms with Gasteiger partial charge in [0.15, 0.2) is 0 Å². The molecular weight excluding hydrogens is 210 g/mol. The minimum Gasteiger partial charge on any atom is -0.309 e. The third-order valence-corrected chi connectivity index (χ3v) is 3.32. The van der Waals surface area contributed by atoms with Crippen LogP contribution >= 0.6 is 11.6 Å². The Labute approximate surface area is 94.6 Å². The van der Waals surface area contributed by atoms with Crippen molar-refractivity contribution in [1.29, 1.82) is 0 Å². The van der Waals surface area contributed by atoms with Gasteiger partial charge in [-0.25, -0.2) is 0 Å². The quantitative estimate of drug-likeness (QED) is 0.793. The smallest absolute Gasteiger partial charge is 0.136 e. The van der Waals surface area contributed by atoms with Crippen LogP contribution in [0.25, 0.3) is 0 Å². The second kappa shape index (κ2) is 4.33. The SMILES string of the molecule is Cc1c(Cl)cccc1C1CC(=O)CCN1. The Morgan fingerprint density at radius 1 is 1.47 bits per heavy atom. The van der Waals surface area contributed by atoms with E-state index in [0.717, 1.165) is 22.7 Å². The van der Waals surface area contributed by atoms with Gasteiger partial charge in [-0.05, 0) is 24.1 Å². The van der Waals surface area contributed by atoms with Crippen LogP contribution in [0.15, 0.2) is 18.2 Å². The molecule has 0 saturated carbocycles. The maximum atomic E-state index is 11.4. The van der Waals surface area contributed by atoms with Crippen molar-refractivity contribution in [3.8, 4) is 0 Å². The summed E-state index contributed by atoms with van der Waals surface area (Å²) in [5.74, 6) is 0.332. The Hall–Kier alpha value is -0.860. The van der Waals surface area contributed by atoms with Crippen molar-refractivity contribution in [3.63, 3.8) is 0 Å². The number of halogens is 1. The fraction of sp³-hybridized carbons (Fsp3) is 0.417. The Morgan fingerprint density at radius 3 is 3.00 bits per heavy atom. The van der Waals surface area contributed by atoms with Gasteiger partial charge in [0.25, 0.3) is 0 Å². The Balaban J connectivity index is 2.28. The first-order valence-corrected chi connectivity index (χ1v) is 5.56. The summed E-state index contributed by atoms with van der Waals surface area (Å²) in [5, 5.41) is 4.13. The van der Waals surface area contributed by atoms with Crippen LogP contribution in [0.1, 0.15) is 30.0 Å². The Kier molecular flexibility index (Phi) is 3.08. The van der Waals surface area contributed by atoms with Crippen molar-refractivity contribution >= 4 is 17.4 Å². The number of Topliss-reactive ketones (excluding diaryl/α,β-unsaturated/α-hetero) is 1. The van der Waals surface area contributed by atoms with Crippen molar-refractivity contribution in [2.45, 2.75) is 25.8 Å². The summed E-state index contributed by atoms with van der Waals surface area (Å²) in [5.41, 5.74) is 2.22. The monoisotopic (exact) mass is 223 g/mol. The summed E-state index contributed by atoms with van der Waals surface area (Å²) >= 11 is 6.06. The fourth-order valence-corrected chi connectivity index (χ4v) is 2.19. The van der Waals surface area contributed by atoms with Crippen molar-refractivity contribution in [2.75, 3.05) is 6.54 Å². The molecule has 0 amide bonds. The van der Waals surface area contributed by atoms with Crippen molar-refractivity contribution in [2.24, 2.45) is 0 Å². The van der Waals surface area contributed by atoms with Crippen LogP contribution in [-0.2, 0) is 4.79 Å². The second-order valence-corrected chi connectivity index (χ2v) is 4.36. The molecule has 1 aliphatic rings. The molecule has 1 aliphatic heterocycles. The molecule has 0 spiro atoms. The van der Waals surface area contributed by atoms with E-state index in [0.29, 0.717) is 18.6 Å². The minimum atomic E-state index is 0.143. The standard InChI is InChI=1S/C12H14ClNO/c1-8-10(3-2-4-11(8)13)12-7-9(15)5-6-14-12/h2-4,12,14H,5-7H2,1H3. The summed E-state index contributed by atoms with van der Waals surface area (Å²) < 4.78 is 0. The number of nitrogens with one attached hydrogen (secondary N) is 1. The summed E-state index contributed by atoms with van der Waals surface area (Å²) in [6, 6.07) is 6.00. The van der Waals surface area contributed by atoms with Gasteiger partial charge in [-0.15, -0.1) is 0 Å². The molecule has 1 unspecified atom stereocenters. The summed E-state index contributed by atoms with van der Waals surface area (Å²) in [6.45, 7) is 2.77. The average Bonchev–Trinajstić information content (AvgIpc) is 2.22. The van der Waals surface area contributed by atoms with Gasteiger partial charge in [0.05, 0.1) is 0 Å². The highest BCUT2D eigenvalue weighted by atomic mass is 35.5. The van der Waals surface area contributed by atoms with Gasteiger partial charge < -0.3 is 5.32 Å². The zero-order chi connectivity index (χ0) is 10.8. The summed E-state index contributed by atoms with van der Waals surface area (Å²) in [4.78, 5) is 11.4. The van der Waals surface area contributed by atoms with Crippen LogP contribution < -0.4 is 5.32 Å². The number of ketones is 1. The molecule has 15 heavy (non-hydrogen) atoms. The topological polar surface area (TPSA) is 29.1 Å². The largest absolute Gasteiger partial charge is 0.309 e. The fourth-order valence-electron chi connectivity index (χ4n) is 2.01. The molecule has 3 heteroatoms. The van der Waals surface area contributed by atoms with Crippen LogP contribution in [-0.4, -0.2) is 12.3 Å². The summed E-state index contributed by atoms with van der Waals surface area (Å²) in [6.07, 6.45) is 1.23.